The summed E-state index contributed by atoms with van der Waals surface area (Å²) in [4.78, 5) is 69.6. The zero-order valence-electron chi connectivity index (χ0n) is 29.6. The summed E-state index contributed by atoms with van der Waals surface area (Å²) in [7, 11) is -0.700. The minimum absolute atomic E-state index is 0.00328. The number of carbonyl (C=O) groups is 5. The van der Waals surface area contributed by atoms with E-state index < -0.39 is 63.2 Å². The van der Waals surface area contributed by atoms with Crippen molar-refractivity contribution in [2.45, 2.75) is 127 Å². The Balaban J connectivity index is 1.36. The number of ether oxygens (including phenoxy) is 1. The molecule has 0 bridgehead atoms. The van der Waals surface area contributed by atoms with Crippen molar-refractivity contribution in [2.75, 3.05) is 39.6 Å². The number of amides is 5. The van der Waals surface area contributed by atoms with Crippen LogP contribution in [-0.2, 0) is 33.9 Å². The number of sulfonamides is 1. The fraction of sp³-hybridized carbons (Fsp3) is 0.853. The minimum atomic E-state index is -3.64. The lowest BCUT2D eigenvalue weighted by atomic mass is 9.83. The highest BCUT2D eigenvalue weighted by atomic mass is 32.2. The first-order valence-corrected chi connectivity index (χ1v) is 19.8. The Labute approximate surface area is 290 Å². The molecule has 0 aromatic carbocycles. The molecule has 2 aliphatic heterocycles. The molecular formula is C34H56N6O8S. The Bertz CT molecular complexity index is 1380. The van der Waals surface area contributed by atoms with Crippen LogP contribution in [0.25, 0.3) is 0 Å². The van der Waals surface area contributed by atoms with Crippen molar-refractivity contribution in [1.82, 2.24) is 30.5 Å². The highest BCUT2D eigenvalue weighted by Gasteiger charge is 2.69. The van der Waals surface area contributed by atoms with E-state index in [1.54, 1.807) is 0 Å². The maximum Gasteiger partial charge on any atom is 0.315 e. The van der Waals surface area contributed by atoms with Crippen LogP contribution in [0.15, 0.2) is 0 Å². The van der Waals surface area contributed by atoms with Crippen LogP contribution in [-0.4, -0.2) is 116 Å². The normalized spacial score (nSPS) is 30.8. The molecule has 2 saturated heterocycles. The monoisotopic (exact) mass is 708 g/mol. The predicted octanol–water partition coefficient (Wildman–Crippen LogP) is 1.43. The lowest BCUT2D eigenvalue weighted by molar-refractivity contribution is -0.144. The molecule has 5 rings (SSSR count). The number of rotatable bonds is 8. The lowest BCUT2D eigenvalue weighted by Crippen LogP contribution is -2.62. The van der Waals surface area contributed by atoms with Crippen molar-refractivity contribution in [3.63, 3.8) is 0 Å². The van der Waals surface area contributed by atoms with E-state index >= 15 is 0 Å². The van der Waals surface area contributed by atoms with Crippen molar-refractivity contribution >= 4 is 39.6 Å². The van der Waals surface area contributed by atoms with Gasteiger partial charge >= 0.3 is 6.03 Å². The predicted molar refractivity (Wildman–Crippen MR) is 182 cm³/mol. The van der Waals surface area contributed by atoms with Crippen LogP contribution >= 0.6 is 0 Å². The summed E-state index contributed by atoms with van der Waals surface area (Å²) in [6, 6.07) is -3.67. The van der Waals surface area contributed by atoms with E-state index in [0.29, 0.717) is 38.8 Å². The molecule has 5 amide bonds. The van der Waals surface area contributed by atoms with Gasteiger partial charge in [0.1, 0.15) is 12.1 Å². The summed E-state index contributed by atoms with van der Waals surface area (Å²) in [6.07, 6.45) is 9.42. The van der Waals surface area contributed by atoms with E-state index in [2.05, 4.69) is 35.1 Å². The van der Waals surface area contributed by atoms with Gasteiger partial charge in [-0.05, 0) is 55.8 Å². The van der Waals surface area contributed by atoms with Gasteiger partial charge in [0.25, 0.3) is 5.91 Å². The molecule has 5 atom stereocenters. The van der Waals surface area contributed by atoms with Gasteiger partial charge in [-0.2, -0.15) is 0 Å². The second kappa shape index (κ2) is 15.2. The van der Waals surface area contributed by atoms with E-state index in [1.807, 2.05) is 0 Å². The average Bonchev–Trinajstić information content (AvgIpc) is 3.88. The number of fused-ring (bicyclic) bond motifs is 3. The first kappa shape index (κ1) is 37.5. The minimum Gasteiger partial charge on any atom is -0.379 e. The van der Waals surface area contributed by atoms with E-state index in [-0.39, 0.29) is 35.7 Å². The number of nitrogens with zero attached hydrogens (tertiary/aromatic N) is 2. The van der Waals surface area contributed by atoms with Crippen LogP contribution in [0.3, 0.4) is 0 Å². The molecule has 5 fully saturated rings. The number of hydrogen-bond acceptors (Lipinski definition) is 8. The second-order valence-corrected chi connectivity index (χ2v) is 17.9. The van der Waals surface area contributed by atoms with Crippen molar-refractivity contribution in [3.05, 3.63) is 0 Å². The highest BCUT2D eigenvalue weighted by molar-refractivity contribution is 7.89. The lowest BCUT2D eigenvalue weighted by Gasteiger charge is -2.39. The van der Waals surface area contributed by atoms with Gasteiger partial charge in [0.05, 0.1) is 23.9 Å². The first-order valence-electron chi connectivity index (χ1n) is 18.2. The zero-order chi connectivity index (χ0) is 35.6. The van der Waals surface area contributed by atoms with Gasteiger partial charge < -0.3 is 30.9 Å². The molecule has 3 saturated carbocycles. The zero-order valence-corrected chi connectivity index (χ0v) is 30.4. The molecule has 0 aromatic rings. The largest absolute Gasteiger partial charge is 0.379 e. The standard InChI is InChI=1S/C34H56N6O8S/c1-33(2)23-19-40-27(26(23)33)29(42)36-24(28(41)30(43)35-22-14-15-22)13-9-6-5-7-12-18-48-20-25(31(40)44)37-32(45)38-34(16-10-8-11-17-34)21-49(46,47)39(3)4/h22-27H,5-21H2,1-4H3,(H,35,43)(H,36,42)(H2,37,38,45)/t23-,24+,25+,26-,27-/m0/s1. The van der Waals surface area contributed by atoms with Gasteiger partial charge in [-0.15, -0.1) is 0 Å². The number of nitrogens with one attached hydrogen (secondary N) is 4. The summed E-state index contributed by atoms with van der Waals surface area (Å²) < 4.78 is 32.9. The number of carbonyl (C=O) groups excluding carboxylic acids is 5. The fourth-order valence-corrected chi connectivity index (χ4v) is 9.41. The van der Waals surface area contributed by atoms with Crippen LogP contribution in [0.4, 0.5) is 4.79 Å². The molecule has 0 spiro atoms. The Hall–Kier alpha value is -2.78. The Kier molecular flexibility index (Phi) is 11.6. The Morgan fingerprint density at radius 1 is 0.939 bits per heavy atom. The summed E-state index contributed by atoms with van der Waals surface area (Å²) in [5, 5.41) is 11.3. The van der Waals surface area contributed by atoms with E-state index in [4.69, 9.17) is 4.74 Å². The molecule has 276 valence electrons. The Morgan fingerprint density at radius 3 is 2.27 bits per heavy atom. The Morgan fingerprint density at radius 2 is 1.59 bits per heavy atom. The average molecular weight is 709 g/mol. The molecule has 0 unspecified atom stereocenters. The topological polar surface area (TPSA) is 183 Å². The second-order valence-electron chi connectivity index (χ2n) is 15.7. The molecule has 0 aromatic heterocycles. The smallest absolute Gasteiger partial charge is 0.315 e. The van der Waals surface area contributed by atoms with Gasteiger partial charge in [0.2, 0.25) is 27.6 Å². The van der Waals surface area contributed by atoms with Crippen molar-refractivity contribution in [3.8, 4) is 0 Å². The molecule has 14 nitrogen and oxygen atoms in total. The van der Waals surface area contributed by atoms with Crippen LogP contribution in [0.5, 0.6) is 0 Å². The quantitative estimate of drug-likeness (QED) is 0.273. The summed E-state index contributed by atoms with van der Waals surface area (Å²) in [5.41, 5.74) is -1.19. The molecule has 3 aliphatic carbocycles. The summed E-state index contributed by atoms with van der Waals surface area (Å²) in [5.74, 6) is -2.65. The van der Waals surface area contributed by atoms with Gasteiger partial charge in [-0.1, -0.05) is 58.8 Å². The maximum absolute atomic E-state index is 14.3. The molecule has 2 heterocycles. The van der Waals surface area contributed by atoms with Crippen LogP contribution < -0.4 is 21.3 Å². The van der Waals surface area contributed by atoms with Gasteiger partial charge in [0, 0.05) is 33.3 Å². The van der Waals surface area contributed by atoms with Gasteiger partial charge in [-0.3, -0.25) is 19.2 Å². The number of piperidine rings is 1. The molecule has 49 heavy (non-hydrogen) atoms. The van der Waals surface area contributed by atoms with Crippen LogP contribution in [0.2, 0.25) is 0 Å². The third-order valence-electron chi connectivity index (χ3n) is 11.4. The molecule has 5 aliphatic rings. The van der Waals surface area contributed by atoms with E-state index in [9.17, 15) is 32.4 Å². The van der Waals surface area contributed by atoms with E-state index in [0.717, 1.165) is 62.1 Å². The third kappa shape index (κ3) is 8.94. The van der Waals surface area contributed by atoms with Gasteiger partial charge in [-0.25, -0.2) is 17.5 Å². The molecule has 15 heteroatoms. The van der Waals surface area contributed by atoms with Crippen LogP contribution in [0.1, 0.15) is 97.3 Å². The van der Waals surface area contributed by atoms with Gasteiger partial charge in [0.15, 0.2) is 0 Å². The summed E-state index contributed by atoms with van der Waals surface area (Å²) >= 11 is 0. The number of Topliss-reactive ketones (excluding diaryl/α,β-unsaturated/α-hetero) is 1. The van der Waals surface area contributed by atoms with Crippen molar-refractivity contribution in [1.29, 1.82) is 0 Å². The fourth-order valence-electron chi connectivity index (χ4n) is 8.09. The summed E-state index contributed by atoms with van der Waals surface area (Å²) in [6.45, 7) is 4.68. The van der Waals surface area contributed by atoms with Crippen molar-refractivity contribution in [2.24, 2.45) is 17.3 Å². The third-order valence-corrected chi connectivity index (χ3v) is 13.4. The van der Waals surface area contributed by atoms with Crippen LogP contribution in [0, 0.1) is 17.3 Å². The SMILES string of the molecule is CN(C)S(=O)(=O)CC1(NC(=O)N[C@@H]2COCCCCCCC[C@H](C(=O)C(=O)NC3CC3)NC(=O)[C@@H]3[C@@H]4[C@H](CN3C2=O)C4(C)C)CCCCC1. The first-order chi connectivity index (χ1) is 23.1. The maximum atomic E-state index is 14.3. The molecule has 0 radical (unpaired) electrons. The van der Waals surface area contributed by atoms with E-state index in [1.165, 1.54) is 19.0 Å². The highest BCUT2D eigenvalue weighted by Crippen LogP contribution is 2.65. The number of ketones is 1. The molecular weight excluding hydrogens is 652 g/mol. The van der Waals surface area contributed by atoms with Crippen molar-refractivity contribution < 1.29 is 37.1 Å². The number of urea groups is 1. The molecule has 4 N–H and O–H groups in total. The number of hydrogen-bond donors (Lipinski definition) is 4.